The van der Waals surface area contributed by atoms with E-state index in [0.717, 1.165) is 25.3 Å². The van der Waals surface area contributed by atoms with Gasteiger partial charge in [-0.2, -0.15) is 0 Å². The molecule has 0 unspecified atom stereocenters. The Bertz CT molecular complexity index is 255. The van der Waals surface area contributed by atoms with Gasteiger partial charge in [0.05, 0.1) is 0 Å². The van der Waals surface area contributed by atoms with Crippen molar-refractivity contribution in [3.05, 3.63) is 24.3 Å². The predicted molar refractivity (Wildman–Crippen MR) is 60.2 cm³/mol. The van der Waals surface area contributed by atoms with E-state index in [1.165, 1.54) is 0 Å². The van der Waals surface area contributed by atoms with Gasteiger partial charge in [0, 0.05) is 18.3 Å². The van der Waals surface area contributed by atoms with Gasteiger partial charge in [0.2, 0.25) is 0 Å². The number of unbranched alkanes of at least 4 members (excludes halogenated alkanes) is 2. The smallest absolute Gasteiger partial charge is 0.330 e. The van der Waals surface area contributed by atoms with Gasteiger partial charge in [0.25, 0.3) is 0 Å². The molecule has 0 aliphatic heterocycles. The molecule has 0 radical (unpaired) electrons. The van der Waals surface area contributed by atoms with Gasteiger partial charge in [-0.1, -0.05) is 12.7 Å². The largest absolute Gasteiger partial charge is 0.478 e. The Hall–Kier alpha value is -1.62. The molecule has 0 aromatic rings. The number of allylic oxidation sites excluding steroid dienone is 1. The number of aliphatic hydroxyl groups excluding tert-OH is 1. The number of aliphatic carboxylic acids is 2. The molecule has 3 N–H and O–H groups in total. The van der Waals surface area contributed by atoms with Crippen molar-refractivity contribution in [2.24, 2.45) is 0 Å². The van der Waals surface area contributed by atoms with Crippen LogP contribution in [0.1, 0.15) is 26.2 Å². The molecule has 0 spiro atoms. The molecule has 0 bridgehead atoms. The summed E-state index contributed by atoms with van der Waals surface area (Å²) in [7, 11) is 0. The van der Waals surface area contributed by atoms with Crippen molar-refractivity contribution < 1.29 is 24.9 Å². The number of aliphatic hydroxyl groups is 1. The van der Waals surface area contributed by atoms with Crippen molar-refractivity contribution in [3.8, 4) is 0 Å². The molecular formula is C11H18O5. The van der Waals surface area contributed by atoms with Crippen LogP contribution in [0.3, 0.4) is 0 Å². The zero-order valence-corrected chi connectivity index (χ0v) is 9.35. The highest BCUT2D eigenvalue weighted by Crippen LogP contribution is 2.00. The molecule has 0 rings (SSSR count). The number of carboxylic acid groups (broad SMARTS) is 2. The molecule has 5 nitrogen and oxygen atoms in total. The van der Waals surface area contributed by atoms with E-state index in [1.807, 2.05) is 0 Å². The highest BCUT2D eigenvalue weighted by atomic mass is 16.4. The van der Waals surface area contributed by atoms with Gasteiger partial charge in [0.15, 0.2) is 0 Å². The maximum absolute atomic E-state index is 10.2. The maximum atomic E-state index is 10.2. The molecule has 0 saturated heterocycles. The van der Waals surface area contributed by atoms with Gasteiger partial charge < -0.3 is 15.3 Å². The predicted octanol–water partition coefficient (Wildman–Crippen LogP) is 1.44. The summed E-state index contributed by atoms with van der Waals surface area (Å²) in [5.74, 6) is -1.85. The number of hydrogen-bond acceptors (Lipinski definition) is 3. The fourth-order valence-corrected chi connectivity index (χ4v) is 0.662. The van der Waals surface area contributed by atoms with Crippen molar-refractivity contribution >= 4 is 11.9 Å². The lowest BCUT2D eigenvalue weighted by Gasteiger charge is -1.93. The Morgan fingerprint density at radius 1 is 1.25 bits per heavy atom. The third kappa shape index (κ3) is 14.9. The summed E-state index contributed by atoms with van der Waals surface area (Å²) in [5, 5.41) is 24.4. The van der Waals surface area contributed by atoms with Crippen molar-refractivity contribution in [3.63, 3.8) is 0 Å². The van der Waals surface area contributed by atoms with Crippen LogP contribution in [0.25, 0.3) is 0 Å². The first kappa shape index (κ1) is 16.8. The summed E-state index contributed by atoms with van der Waals surface area (Å²) in [4.78, 5) is 19.5. The minimum absolute atomic E-state index is 0.181. The fourth-order valence-electron chi connectivity index (χ4n) is 0.662. The molecule has 92 valence electrons. The zero-order chi connectivity index (χ0) is 13.0. The van der Waals surface area contributed by atoms with Gasteiger partial charge in [-0.3, -0.25) is 0 Å². The van der Waals surface area contributed by atoms with Crippen LogP contribution in [-0.4, -0.2) is 33.9 Å². The lowest BCUT2D eigenvalue weighted by molar-refractivity contribution is -0.133. The molecule has 5 heteroatoms. The first-order valence-electron chi connectivity index (χ1n) is 4.82. The second-order valence-corrected chi connectivity index (χ2v) is 2.95. The first-order chi connectivity index (χ1) is 7.45. The first-order valence-corrected chi connectivity index (χ1v) is 4.82. The highest BCUT2D eigenvalue weighted by Gasteiger charge is 1.96. The van der Waals surface area contributed by atoms with Crippen LogP contribution in [-0.2, 0) is 9.59 Å². The Morgan fingerprint density at radius 2 is 1.75 bits per heavy atom. The Balaban J connectivity index is 0. The summed E-state index contributed by atoms with van der Waals surface area (Å²) < 4.78 is 0. The van der Waals surface area contributed by atoms with E-state index >= 15 is 0 Å². The lowest BCUT2D eigenvalue weighted by atomic mass is 10.2. The zero-order valence-electron chi connectivity index (χ0n) is 9.35. The minimum atomic E-state index is -0.981. The number of carbonyl (C=O) groups is 2. The number of hydrogen-bond donors (Lipinski definition) is 3. The molecule has 16 heavy (non-hydrogen) atoms. The standard InChI is InChI=1S/C8H14O3.C3H4O2/c1-7(8(10)11)5-3-2-4-6-9;1-2-3(4)5/h5,9H,2-4,6H2,1H3,(H,10,11);2H,1H2,(H,4,5). The SMILES string of the molecule is C=CC(=O)O.CC(=CCCCCO)C(=O)O. The topological polar surface area (TPSA) is 94.8 Å². The van der Waals surface area contributed by atoms with Crippen molar-refractivity contribution in [2.45, 2.75) is 26.2 Å². The van der Waals surface area contributed by atoms with E-state index in [9.17, 15) is 9.59 Å². The molecule has 0 aliphatic carbocycles. The summed E-state index contributed by atoms with van der Waals surface area (Å²) in [5.41, 5.74) is 0.378. The van der Waals surface area contributed by atoms with E-state index in [-0.39, 0.29) is 6.61 Å². The monoisotopic (exact) mass is 230 g/mol. The van der Waals surface area contributed by atoms with E-state index < -0.39 is 11.9 Å². The molecular weight excluding hydrogens is 212 g/mol. The van der Waals surface area contributed by atoms with Crippen LogP contribution in [0.5, 0.6) is 0 Å². The Kier molecular flexibility index (Phi) is 12.0. The summed E-state index contributed by atoms with van der Waals surface area (Å²) in [6.45, 7) is 4.71. The summed E-state index contributed by atoms with van der Waals surface area (Å²) in [6, 6.07) is 0. The van der Waals surface area contributed by atoms with Gasteiger partial charge in [-0.05, 0) is 26.2 Å². The van der Waals surface area contributed by atoms with E-state index in [0.29, 0.717) is 5.57 Å². The molecule has 0 aromatic carbocycles. The molecule has 0 aromatic heterocycles. The van der Waals surface area contributed by atoms with Crippen molar-refractivity contribution in [1.82, 2.24) is 0 Å². The maximum Gasteiger partial charge on any atom is 0.330 e. The second-order valence-electron chi connectivity index (χ2n) is 2.95. The van der Waals surface area contributed by atoms with E-state index in [2.05, 4.69) is 6.58 Å². The van der Waals surface area contributed by atoms with Crippen molar-refractivity contribution in [1.29, 1.82) is 0 Å². The van der Waals surface area contributed by atoms with E-state index in [1.54, 1.807) is 13.0 Å². The average Bonchev–Trinajstić information content (AvgIpc) is 2.24. The van der Waals surface area contributed by atoms with Crippen LogP contribution >= 0.6 is 0 Å². The Morgan fingerprint density at radius 3 is 2.06 bits per heavy atom. The van der Waals surface area contributed by atoms with Gasteiger partial charge in [0.1, 0.15) is 0 Å². The molecule has 0 fully saturated rings. The third-order valence-corrected chi connectivity index (χ3v) is 1.57. The van der Waals surface area contributed by atoms with Gasteiger partial charge in [-0.15, -0.1) is 0 Å². The van der Waals surface area contributed by atoms with E-state index in [4.69, 9.17) is 15.3 Å². The number of rotatable bonds is 6. The fraction of sp³-hybridized carbons (Fsp3) is 0.455. The van der Waals surface area contributed by atoms with Crippen LogP contribution < -0.4 is 0 Å². The molecule has 0 amide bonds. The lowest BCUT2D eigenvalue weighted by Crippen LogP contribution is -1.95. The van der Waals surface area contributed by atoms with Crippen LogP contribution in [0, 0.1) is 0 Å². The molecule has 0 heterocycles. The van der Waals surface area contributed by atoms with Crippen LogP contribution in [0.4, 0.5) is 0 Å². The van der Waals surface area contributed by atoms with Gasteiger partial charge in [-0.25, -0.2) is 9.59 Å². The summed E-state index contributed by atoms with van der Waals surface area (Å²) >= 11 is 0. The normalized spacial score (nSPS) is 10.0. The summed E-state index contributed by atoms with van der Waals surface area (Å²) in [6.07, 6.45) is 4.83. The Labute approximate surface area is 94.7 Å². The quantitative estimate of drug-likeness (QED) is 0.474. The van der Waals surface area contributed by atoms with Crippen LogP contribution in [0.15, 0.2) is 24.3 Å². The molecule has 0 aliphatic rings. The number of carboxylic acids is 2. The average molecular weight is 230 g/mol. The highest BCUT2D eigenvalue weighted by molar-refractivity contribution is 5.85. The minimum Gasteiger partial charge on any atom is -0.478 e. The third-order valence-electron chi connectivity index (χ3n) is 1.57. The van der Waals surface area contributed by atoms with Gasteiger partial charge >= 0.3 is 11.9 Å². The molecule has 0 atom stereocenters. The van der Waals surface area contributed by atoms with Crippen LogP contribution in [0.2, 0.25) is 0 Å². The second kappa shape index (κ2) is 11.5. The van der Waals surface area contributed by atoms with Crippen molar-refractivity contribution in [2.75, 3.05) is 6.61 Å². The molecule has 0 saturated carbocycles.